The molecule has 1 aliphatic rings. The number of unbranched alkanes of at least 4 members (excludes halogenated alkanes) is 1. The van der Waals surface area contributed by atoms with E-state index in [2.05, 4.69) is 0 Å². The Balaban J connectivity index is 2.49. The molecule has 26 heavy (non-hydrogen) atoms. The first-order valence-corrected chi connectivity index (χ1v) is 9.70. The van der Waals surface area contributed by atoms with Gasteiger partial charge in [-0.3, -0.25) is 14.4 Å². The predicted molar refractivity (Wildman–Crippen MR) is 96.4 cm³/mol. The molecule has 1 fully saturated rings. The average Bonchev–Trinajstić information content (AvgIpc) is 2.59. The van der Waals surface area contributed by atoms with Gasteiger partial charge in [0.2, 0.25) is 0 Å². The van der Waals surface area contributed by atoms with Gasteiger partial charge in [-0.15, -0.1) is 0 Å². The van der Waals surface area contributed by atoms with Crippen LogP contribution in [-0.4, -0.2) is 41.3 Å². The van der Waals surface area contributed by atoms with Gasteiger partial charge in [0.05, 0.1) is 12.8 Å². The number of ether oxygens (including phenoxy) is 2. The molecule has 0 aromatic heterocycles. The molecule has 0 amide bonds. The normalized spacial score (nSPS) is 18.6. The van der Waals surface area contributed by atoms with Gasteiger partial charge < -0.3 is 20.3 Å². The molecule has 0 aromatic carbocycles. The summed E-state index contributed by atoms with van der Waals surface area (Å²) in [6, 6.07) is -1.14. The molecule has 7 heteroatoms. The number of aliphatic carboxylic acids is 1. The standard InChI is InChI=1S/C19H33NO6/c1-3-4-8-13(2)16(12-17(21)22)26-19(24)15(20)11-18(23)25-14-9-6-5-7-10-14/h13-16H,3-12,20H2,1-2H3,(H,21,22)/t13-,15-,16-/m0/s1. The average molecular weight is 371 g/mol. The number of hydrogen-bond donors (Lipinski definition) is 2. The zero-order valence-corrected chi connectivity index (χ0v) is 15.9. The minimum absolute atomic E-state index is 0.0867. The Hall–Kier alpha value is -1.63. The zero-order chi connectivity index (χ0) is 19.5. The molecule has 3 atom stereocenters. The van der Waals surface area contributed by atoms with E-state index >= 15 is 0 Å². The van der Waals surface area contributed by atoms with Crippen molar-refractivity contribution < 1.29 is 29.0 Å². The van der Waals surface area contributed by atoms with Gasteiger partial charge in [-0.05, 0) is 38.0 Å². The predicted octanol–water partition coefficient (Wildman–Crippen LogP) is 2.79. The fourth-order valence-corrected chi connectivity index (χ4v) is 3.16. The Kier molecular flexibility index (Phi) is 10.2. The summed E-state index contributed by atoms with van der Waals surface area (Å²) >= 11 is 0. The summed E-state index contributed by atoms with van der Waals surface area (Å²) in [6.07, 6.45) is 6.24. The van der Waals surface area contributed by atoms with Crippen molar-refractivity contribution in [3.63, 3.8) is 0 Å². The topological polar surface area (TPSA) is 116 Å². The highest BCUT2D eigenvalue weighted by atomic mass is 16.6. The second-order valence-corrected chi connectivity index (χ2v) is 7.25. The molecule has 1 rings (SSSR count). The van der Waals surface area contributed by atoms with Crippen molar-refractivity contribution in [3.05, 3.63) is 0 Å². The Bertz CT molecular complexity index is 461. The van der Waals surface area contributed by atoms with Crippen LogP contribution in [-0.2, 0) is 23.9 Å². The lowest BCUT2D eigenvalue weighted by Gasteiger charge is -2.25. The van der Waals surface area contributed by atoms with Gasteiger partial charge in [0.25, 0.3) is 0 Å². The van der Waals surface area contributed by atoms with Gasteiger partial charge in [0.1, 0.15) is 18.2 Å². The second-order valence-electron chi connectivity index (χ2n) is 7.25. The first-order valence-electron chi connectivity index (χ1n) is 9.70. The molecule has 0 saturated heterocycles. The fourth-order valence-electron chi connectivity index (χ4n) is 3.16. The van der Waals surface area contributed by atoms with E-state index in [4.69, 9.17) is 20.3 Å². The SMILES string of the molecule is CCCC[C@H](C)[C@H](CC(=O)O)OC(=O)[C@@H](N)CC(=O)OC1CCCCC1. The van der Waals surface area contributed by atoms with Gasteiger partial charge in [0, 0.05) is 0 Å². The molecule has 0 spiro atoms. The minimum Gasteiger partial charge on any atom is -0.481 e. The zero-order valence-electron chi connectivity index (χ0n) is 15.9. The molecule has 3 N–H and O–H groups in total. The molecule has 0 heterocycles. The third-order valence-corrected chi connectivity index (χ3v) is 4.83. The molecule has 0 aliphatic heterocycles. The third kappa shape index (κ3) is 8.65. The molecule has 150 valence electrons. The van der Waals surface area contributed by atoms with Crippen LogP contribution in [0, 0.1) is 5.92 Å². The lowest BCUT2D eigenvalue weighted by Crippen LogP contribution is -2.39. The van der Waals surface area contributed by atoms with Crippen LogP contribution in [0.25, 0.3) is 0 Å². The van der Waals surface area contributed by atoms with Crippen molar-refractivity contribution >= 4 is 17.9 Å². The molecule has 0 bridgehead atoms. The molecule has 1 saturated carbocycles. The number of esters is 2. The maximum Gasteiger partial charge on any atom is 0.323 e. The first-order chi connectivity index (χ1) is 12.3. The maximum atomic E-state index is 12.2. The molecule has 0 unspecified atom stereocenters. The van der Waals surface area contributed by atoms with Crippen LogP contribution >= 0.6 is 0 Å². The van der Waals surface area contributed by atoms with E-state index in [1.54, 1.807) is 0 Å². The van der Waals surface area contributed by atoms with Crippen molar-refractivity contribution in [3.8, 4) is 0 Å². The maximum absolute atomic E-state index is 12.2. The van der Waals surface area contributed by atoms with E-state index in [1.807, 2.05) is 13.8 Å². The Morgan fingerprint density at radius 3 is 2.38 bits per heavy atom. The van der Waals surface area contributed by atoms with Crippen molar-refractivity contribution in [2.75, 3.05) is 0 Å². The lowest BCUT2D eigenvalue weighted by atomic mass is 9.95. The van der Waals surface area contributed by atoms with Gasteiger partial charge >= 0.3 is 17.9 Å². The van der Waals surface area contributed by atoms with E-state index in [9.17, 15) is 14.4 Å². The number of hydrogen-bond acceptors (Lipinski definition) is 6. The lowest BCUT2D eigenvalue weighted by molar-refractivity contribution is -0.162. The van der Waals surface area contributed by atoms with Crippen molar-refractivity contribution in [2.24, 2.45) is 11.7 Å². The number of carboxylic acids is 1. The molecule has 0 aromatic rings. The molecular weight excluding hydrogens is 338 g/mol. The summed E-state index contributed by atoms with van der Waals surface area (Å²) in [6.45, 7) is 3.90. The minimum atomic E-state index is -1.14. The molecule has 0 radical (unpaired) electrons. The molecule has 1 aliphatic carbocycles. The smallest absolute Gasteiger partial charge is 0.323 e. The number of rotatable bonds is 11. The van der Waals surface area contributed by atoms with Crippen LogP contribution in [0.5, 0.6) is 0 Å². The number of nitrogens with two attached hydrogens (primary N) is 1. The summed E-state index contributed by atoms with van der Waals surface area (Å²) in [5.74, 6) is -2.37. The molecule has 7 nitrogen and oxygen atoms in total. The van der Waals surface area contributed by atoms with E-state index in [0.29, 0.717) is 0 Å². The fraction of sp³-hybridized carbons (Fsp3) is 0.842. The third-order valence-electron chi connectivity index (χ3n) is 4.83. The summed E-state index contributed by atoms with van der Waals surface area (Å²) in [5.41, 5.74) is 5.78. The summed E-state index contributed by atoms with van der Waals surface area (Å²) in [5, 5.41) is 9.04. The van der Waals surface area contributed by atoms with Gasteiger partial charge in [0.15, 0.2) is 0 Å². The van der Waals surface area contributed by atoms with Gasteiger partial charge in [-0.1, -0.05) is 33.1 Å². The second kappa shape index (κ2) is 11.9. The van der Waals surface area contributed by atoms with Gasteiger partial charge in [-0.2, -0.15) is 0 Å². The summed E-state index contributed by atoms with van der Waals surface area (Å²) < 4.78 is 10.7. The van der Waals surface area contributed by atoms with Crippen LogP contribution in [0.4, 0.5) is 0 Å². The summed E-state index contributed by atoms with van der Waals surface area (Å²) in [4.78, 5) is 35.2. The summed E-state index contributed by atoms with van der Waals surface area (Å²) in [7, 11) is 0. The largest absolute Gasteiger partial charge is 0.481 e. The molecular formula is C19H33NO6. The van der Waals surface area contributed by atoms with Crippen molar-refractivity contribution in [2.45, 2.75) is 96.3 Å². The monoisotopic (exact) mass is 371 g/mol. The highest BCUT2D eigenvalue weighted by Gasteiger charge is 2.29. The first kappa shape index (κ1) is 22.4. The van der Waals surface area contributed by atoms with Crippen LogP contribution in [0.2, 0.25) is 0 Å². The van der Waals surface area contributed by atoms with Crippen molar-refractivity contribution in [1.82, 2.24) is 0 Å². The van der Waals surface area contributed by atoms with E-state index < -0.39 is 30.1 Å². The van der Waals surface area contributed by atoms with Crippen LogP contribution in [0.3, 0.4) is 0 Å². The highest BCUT2D eigenvalue weighted by Crippen LogP contribution is 2.21. The quantitative estimate of drug-likeness (QED) is 0.536. The van der Waals surface area contributed by atoms with E-state index in [1.165, 1.54) is 0 Å². The van der Waals surface area contributed by atoms with Crippen LogP contribution in [0.15, 0.2) is 0 Å². The van der Waals surface area contributed by atoms with E-state index in [-0.39, 0.29) is 24.9 Å². The van der Waals surface area contributed by atoms with Gasteiger partial charge in [-0.25, -0.2) is 0 Å². The number of carboxylic acid groups (broad SMARTS) is 1. The Morgan fingerprint density at radius 1 is 1.15 bits per heavy atom. The van der Waals surface area contributed by atoms with Crippen LogP contribution < -0.4 is 5.73 Å². The number of carbonyl (C=O) groups excluding carboxylic acids is 2. The van der Waals surface area contributed by atoms with E-state index in [0.717, 1.165) is 51.4 Å². The van der Waals surface area contributed by atoms with Crippen molar-refractivity contribution in [1.29, 1.82) is 0 Å². The Labute approximate surface area is 155 Å². The number of carbonyl (C=O) groups is 3. The van der Waals surface area contributed by atoms with Crippen LogP contribution in [0.1, 0.15) is 78.1 Å². The Morgan fingerprint density at radius 2 is 1.81 bits per heavy atom. The highest BCUT2D eigenvalue weighted by molar-refractivity contribution is 5.82.